The Morgan fingerprint density at radius 2 is 1.72 bits per heavy atom. The van der Waals surface area contributed by atoms with E-state index < -0.39 is 0 Å². The van der Waals surface area contributed by atoms with E-state index in [-0.39, 0.29) is 0 Å². The molecule has 0 unspecified atom stereocenters. The molecule has 1 aromatic heterocycles. The van der Waals surface area contributed by atoms with Crippen molar-refractivity contribution < 1.29 is 4.74 Å². The maximum atomic E-state index is 5.93. The highest BCUT2D eigenvalue weighted by Gasteiger charge is 2.06. The summed E-state index contributed by atoms with van der Waals surface area (Å²) in [6.45, 7) is 0. The van der Waals surface area contributed by atoms with Gasteiger partial charge in [-0.05, 0) is 18.2 Å². The van der Waals surface area contributed by atoms with Crippen LogP contribution in [-0.2, 0) is 0 Å². The van der Waals surface area contributed by atoms with Gasteiger partial charge in [-0.15, -0.1) is 5.10 Å². The molecule has 0 aliphatic carbocycles. The van der Waals surface area contributed by atoms with Crippen LogP contribution >= 0.6 is 0 Å². The van der Waals surface area contributed by atoms with Crippen LogP contribution in [0.15, 0.2) is 54.7 Å². The van der Waals surface area contributed by atoms with Gasteiger partial charge in [0.1, 0.15) is 5.75 Å². The van der Waals surface area contributed by atoms with Crippen molar-refractivity contribution in [1.29, 1.82) is 0 Å². The summed E-state index contributed by atoms with van der Waals surface area (Å²) in [4.78, 5) is 0. The second-order valence-electron chi connectivity index (χ2n) is 3.86. The maximum absolute atomic E-state index is 5.93. The second kappa shape index (κ2) is 4.33. The lowest BCUT2D eigenvalue weighted by Crippen LogP contribution is -1.92. The van der Waals surface area contributed by atoms with Crippen LogP contribution in [0.3, 0.4) is 0 Å². The van der Waals surface area contributed by atoms with Crippen LogP contribution in [-0.4, -0.2) is 10.2 Å². The van der Waals surface area contributed by atoms with Gasteiger partial charge in [-0.3, -0.25) is 0 Å². The van der Waals surface area contributed by atoms with Gasteiger partial charge in [0.2, 0.25) is 5.88 Å². The lowest BCUT2D eigenvalue weighted by Gasteiger charge is -2.09. The Labute approximate surface area is 104 Å². The van der Waals surface area contributed by atoms with E-state index in [2.05, 4.69) is 10.2 Å². The number of benzene rings is 2. The smallest absolute Gasteiger partial charge is 0.238 e. The fourth-order valence-electron chi connectivity index (χ4n) is 1.84. The van der Waals surface area contributed by atoms with E-state index in [1.54, 1.807) is 18.3 Å². The number of rotatable bonds is 2. The number of fused-ring (bicyclic) bond motifs is 1. The Bertz CT molecular complexity index is 683. The highest BCUT2D eigenvalue weighted by Crippen LogP contribution is 2.32. The zero-order valence-electron chi connectivity index (χ0n) is 9.58. The van der Waals surface area contributed by atoms with Crippen LogP contribution in [0.2, 0.25) is 0 Å². The van der Waals surface area contributed by atoms with E-state index in [9.17, 15) is 0 Å². The van der Waals surface area contributed by atoms with E-state index in [0.29, 0.717) is 5.88 Å². The van der Waals surface area contributed by atoms with E-state index in [1.807, 2.05) is 36.4 Å². The number of ether oxygens (including phenoxy) is 1. The number of hydrogen-bond acceptors (Lipinski definition) is 4. The maximum Gasteiger partial charge on any atom is 0.238 e. The standard InChI is InChI=1S/C14H11N3O/c15-12-7-8-13(11-5-2-1-4-10(11)12)18-14-6-3-9-16-17-14/h1-9H,15H2. The minimum Gasteiger partial charge on any atom is -0.437 e. The summed E-state index contributed by atoms with van der Waals surface area (Å²) in [6.07, 6.45) is 1.61. The van der Waals surface area contributed by atoms with Gasteiger partial charge in [0.15, 0.2) is 0 Å². The molecule has 2 aromatic carbocycles. The number of nitrogens with zero attached hydrogens (tertiary/aromatic N) is 2. The van der Waals surface area contributed by atoms with Crippen LogP contribution in [0.1, 0.15) is 0 Å². The molecule has 18 heavy (non-hydrogen) atoms. The normalized spacial score (nSPS) is 10.4. The fourth-order valence-corrected chi connectivity index (χ4v) is 1.84. The van der Waals surface area contributed by atoms with Gasteiger partial charge in [0.05, 0.1) is 0 Å². The van der Waals surface area contributed by atoms with Gasteiger partial charge in [-0.25, -0.2) is 0 Å². The number of nitrogen functional groups attached to an aromatic ring is 1. The van der Waals surface area contributed by atoms with Gasteiger partial charge in [-0.1, -0.05) is 24.3 Å². The zero-order valence-corrected chi connectivity index (χ0v) is 9.58. The van der Waals surface area contributed by atoms with Crippen molar-refractivity contribution in [2.75, 3.05) is 5.73 Å². The molecule has 0 fully saturated rings. The molecule has 0 aliphatic heterocycles. The third-order valence-corrected chi connectivity index (χ3v) is 2.68. The van der Waals surface area contributed by atoms with Gasteiger partial charge >= 0.3 is 0 Å². The molecule has 4 nitrogen and oxygen atoms in total. The zero-order chi connectivity index (χ0) is 12.4. The molecule has 4 heteroatoms. The fraction of sp³-hybridized carbons (Fsp3) is 0. The van der Waals surface area contributed by atoms with Crippen LogP contribution in [0.5, 0.6) is 11.6 Å². The minimum absolute atomic E-state index is 0.465. The molecule has 0 radical (unpaired) electrons. The van der Waals surface area contributed by atoms with Crippen molar-refractivity contribution >= 4 is 16.5 Å². The summed E-state index contributed by atoms with van der Waals surface area (Å²) in [5, 5.41) is 9.61. The highest BCUT2D eigenvalue weighted by atomic mass is 16.5. The number of hydrogen-bond donors (Lipinski definition) is 1. The highest BCUT2D eigenvalue weighted by molar-refractivity contribution is 5.97. The third kappa shape index (κ3) is 1.84. The number of anilines is 1. The van der Waals surface area contributed by atoms with Crippen molar-refractivity contribution in [2.45, 2.75) is 0 Å². The number of nitrogens with two attached hydrogens (primary N) is 1. The second-order valence-corrected chi connectivity index (χ2v) is 3.86. The monoisotopic (exact) mass is 237 g/mol. The molecule has 3 aromatic rings. The van der Waals surface area contributed by atoms with Crippen molar-refractivity contribution in [3.63, 3.8) is 0 Å². The summed E-state index contributed by atoms with van der Waals surface area (Å²) < 4.78 is 5.72. The van der Waals surface area contributed by atoms with Gasteiger partial charge in [0, 0.05) is 28.7 Å². The van der Waals surface area contributed by atoms with Gasteiger partial charge in [0.25, 0.3) is 0 Å². The van der Waals surface area contributed by atoms with E-state index >= 15 is 0 Å². The van der Waals surface area contributed by atoms with Crippen molar-refractivity contribution in [3.05, 3.63) is 54.7 Å². The predicted molar refractivity (Wildman–Crippen MR) is 70.5 cm³/mol. The molecular formula is C14H11N3O. The Balaban J connectivity index is 2.10. The predicted octanol–water partition coefficient (Wildman–Crippen LogP) is 3.00. The molecule has 0 spiro atoms. The minimum atomic E-state index is 0.465. The first-order chi connectivity index (χ1) is 8.84. The lowest BCUT2D eigenvalue weighted by molar-refractivity contribution is 0.460. The lowest BCUT2D eigenvalue weighted by atomic mass is 10.1. The molecule has 3 rings (SSSR count). The topological polar surface area (TPSA) is 61.0 Å². The Kier molecular flexibility index (Phi) is 2.53. The molecule has 0 atom stereocenters. The quantitative estimate of drug-likeness (QED) is 0.696. The first kappa shape index (κ1) is 10.5. The van der Waals surface area contributed by atoms with E-state index in [0.717, 1.165) is 22.2 Å². The first-order valence-electron chi connectivity index (χ1n) is 5.57. The first-order valence-corrected chi connectivity index (χ1v) is 5.57. The molecule has 88 valence electrons. The summed E-state index contributed by atoms with van der Waals surface area (Å²) in [6, 6.07) is 15.0. The largest absolute Gasteiger partial charge is 0.437 e. The summed E-state index contributed by atoms with van der Waals surface area (Å²) in [5.41, 5.74) is 6.67. The van der Waals surface area contributed by atoms with Crippen molar-refractivity contribution in [3.8, 4) is 11.6 Å². The Morgan fingerprint density at radius 1 is 0.889 bits per heavy atom. The van der Waals surface area contributed by atoms with Gasteiger partial charge < -0.3 is 10.5 Å². The van der Waals surface area contributed by atoms with Crippen molar-refractivity contribution in [2.24, 2.45) is 0 Å². The molecule has 0 saturated carbocycles. The van der Waals surface area contributed by atoms with Crippen LogP contribution in [0.25, 0.3) is 10.8 Å². The van der Waals surface area contributed by atoms with Gasteiger partial charge in [-0.2, -0.15) is 5.10 Å². The van der Waals surface area contributed by atoms with Crippen molar-refractivity contribution in [1.82, 2.24) is 10.2 Å². The molecule has 0 saturated heterocycles. The van der Waals surface area contributed by atoms with E-state index in [1.165, 1.54) is 0 Å². The summed E-state index contributed by atoms with van der Waals surface area (Å²) in [7, 11) is 0. The third-order valence-electron chi connectivity index (χ3n) is 2.68. The Morgan fingerprint density at radius 3 is 2.50 bits per heavy atom. The average Bonchev–Trinajstić information content (AvgIpc) is 2.44. The molecule has 2 N–H and O–H groups in total. The molecule has 0 amide bonds. The molecule has 1 heterocycles. The Hall–Kier alpha value is -2.62. The SMILES string of the molecule is Nc1ccc(Oc2cccnn2)c2ccccc12. The molecule has 0 aliphatic rings. The number of aromatic nitrogens is 2. The van der Waals surface area contributed by atoms with Crippen LogP contribution in [0, 0.1) is 0 Å². The molecular weight excluding hydrogens is 226 g/mol. The summed E-state index contributed by atoms with van der Waals surface area (Å²) >= 11 is 0. The summed E-state index contributed by atoms with van der Waals surface area (Å²) in [5.74, 6) is 1.19. The van der Waals surface area contributed by atoms with E-state index in [4.69, 9.17) is 10.5 Å². The van der Waals surface area contributed by atoms with Crippen LogP contribution < -0.4 is 10.5 Å². The van der Waals surface area contributed by atoms with Crippen LogP contribution in [0.4, 0.5) is 5.69 Å². The molecule has 0 bridgehead atoms. The average molecular weight is 237 g/mol.